The van der Waals surface area contributed by atoms with E-state index in [0.29, 0.717) is 10.7 Å². The number of amides is 1. The molecule has 3 aromatic rings. The zero-order valence-corrected chi connectivity index (χ0v) is 17.8. The van der Waals surface area contributed by atoms with Crippen LogP contribution in [0.5, 0.6) is 0 Å². The molecular weight excluding hydrogens is 401 g/mol. The van der Waals surface area contributed by atoms with Gasteiger partial charge in [-0.1, -0.05) is 18.2 Å². The lowest BCUT2D eigenvalue weighted by Gasteiger charge is -2.35. The molecule has 1 aliphatic heterocycles. The van der Waals surface area contributed by atoms with E-state index in [2.05, 4.69) is 29.0 Å². The van der Waals surface area contributed by atoms with E-state index in [1.165, 1.54) is 23.5 Å². The Morgan fingerprint density at radius 1 is 1.17 bits per heavy atom. The average molecular weight is 426 g/mol. The van der Waals surface area contributed by atoms with Gasteiger partial charge in [0.15, 0.2) is 0 Å². The SMILES string of the molecule is CC1CN(Cc2ccccc2NC(=O)c2csc(-c3ccc(F)cc3)n2)CC(C)O1. The number of morpholine rings is 1. The number of hydrogen-bond donors (Lipinski definition) is 1. The van der Waals surface area contributed by atoms with Crippen molar-refractivity contribution >= 4 is 22.9 Å². The fraction of sp³-hybridized carbons (Fsp3) is 0.304. The average Bonchev–Trinajstić information content (AvgIpc) is 3.20. The summed E-state index contributed by atoms with van der Waals surface area (Å²) in [4.78, 5) is 19.6. The number of rotatable bonds is 5. The minimum absolute atomic E-state index is 0.190. The smallest absolute Gasteiger partial charge is 0.275 e. The number of carbonyl (C=O) groups excluding carboxylic acids is 1. The third-order valence-corrected chi connectivity index (χ3v) is 5.87. The van der Waals surface area contributed by atoms with Crippen LogP contribution in [-0.4, -0.2) is 41.1 Å². The van der Waals surface area contributed by atoms with Crippen molar-refractivity contribution in [3.05, 3.63) is 71.0 Å². The lowest BCUT2D eigenvalue weighted by Crippen LogP contribution is -2.44. The molecule has 1 fully saturated rings. The topological polar surface area (TPSA) is 54.5 Å². The van der Waals surface area contributed by atoms with Crippen LogP contribution < -0.4 is 5.32 Å². The maximum absolute atomic E-state index is 13.1. The molecule has 0 saturated carbocycles. The summed E-state index contributed by atoms with van der Waals surface area (Å²) >= 11 is 1.36. The Morgan fingerprint density at radius 3 is 2.60 bits per heavy atom. The molecule has 30 heavy (non-hydrogen) atoms. The quantitative estimate of drug-likeness (QED) is 0.637. The molecule has 2 aromatic carbocycles. The molecule has 7 heteroatoms. The number of halogens is 1. The van der Waals surface area contributed by atoms with E-state index in [0.717, 1.165) is 36.4 Å². The largest absolute Gasteiger partial charge is 0.373 e. The first-order valence-corrected chi connectivity index (χ1v) is 10.8. The summed E-state index contributed by atoms with van der Waals surface area (Å²) in [6.07, 6.45) is 0.380. The molecule has 0 bridgehead atoms. The second-order valence-electron chi connectivity index (χ2n) is 7.61. The van der Waals surface area contributed by atoms with Gasteiger partial charge in [-0.3, -0.25) is 9.69 Å². The number of carbonyl (C=O) groups is 1. The molecular formula is C23H24FN3O2S. The summed E-state index contributed by atoms with van der Waals surface area (Å²) in [7, 11) is 0. The summed E-state index contributed by atoms with van der Waals surface area (Å²) in [6, 6.07) is 13.9. The maximum atomic E-state index is 13.1. The van der Waals surface area contributed by atoms with Crippen LogP contribution in [0.4, 0.5) is 10.1 Å². The zero-order valence-electron chi connectivity index (χ0n) is 17.0. The molecule has 1 saturated heterocycles. The molecule has 1 aliphatic rings. The molecule has 4 rings (SSSR count). The molecule has 1 amide bonds. The van der Waals surface area contributed by atoms with Crippen LogP contribution in [0.2, 0.25) is 0 Å². The normalized spacial score (nSPS) is 19.6. The van der Waals surface area contributed by atoms with Crippen molar-refractivity contribution in [2.45, 2.75) is 32.6 Å². The summed E-state index contributed by atoms with van der Waals surface area (Å²) in [6.45, 7) is 6.63. The van der Waals surface area contributed by atoms with Crippen LogP contribution in [-0.2, 0) is 11.3 Å². The molecule has 0 radical (unpaired) electrons. The predicted molar refractivity (Wildman–Crippen MR) is 117 cm³/mol. The van der Waals surface area contributed by atoms with Crippen molar-refractivity contribution in [1.29, 1.82) is 0 Å². The van der Waals surface area contributed by atoms with Crippen molar-refractivity contribution in [2.75, 3.05) is 18.4 Å². The summed E-state index contributed by atoms with van der Waals surface area (Å²) < 4.78 is 18.9. The van der Waals surface area contributed by atoms with Crippen LogP contribution in [0, 0.1) is 5.82 Å². The molecule has 1 N–H and O–H groups in total. The monoisotopic (exact) mass is 425 g/mol. The number of thiazole rings is 1. The van der Waals surface area contributed by atoms with Crippen molar-refractivity contribution in [1.82, 2.24) is 9.88 Å². The number of hydrogen-bond acceptors (Lipinski definition) is 5. The van der Waals surface area contributed by atoms with Crippen molar-refractivity contribution in [3.8, 4) is 10.6 Å². The highest BCUT2D eigenvalue weighted by molar-refractivity contribution is 7.13. The first-order valence-electron chi connectivity index (χ1n) is 9.96. The number of nitrogens with one attached hydrogen (secondary N) is 1. The van der Waals surface area contributed by atoms with Gasteiger partial charge in [-0.2, -0.15) is 0 Å². The van der Waals surface area contributed by atoms with Crippen LogP contribution >= 0.6 is 11.3 Å². The van der Waals surface area contributed by atoms with E-state index >= 15 is 0 Å². The van der Waals surface area contributed by atoms with Gasteiger partial charge < -0.3 is 10.1 Å². The molecule has 2 unspecified atom stereocenters. The second kappa shape index (κ2) is 9.04. The standard InChI is InChI=1S/C23H24FN3O2S/c1-15-11-27(12-16(2)29-15)13-18-5-3-4-6-20(18)25-22(28)21-14-30-23(26-21)17-7-9-19(24)10-8-17/h3-10,14-16H,11-13H2,1-2H3,(H,25,28). The Bertz CT molecular complexity index is 1010. The van der Waals surface area contributed by atoms with E-state index in [9.17, 15) is 9.18 Å². The van der Waals surface area contributed by atoms with Gasteiger partial charge >= 0.3 is 0 Å². The molecule has 2 atom stereocenters. The van der Waals surface area contributed by atoms with E-state index in [1.807, 2.05) is 24.3 Å². The molecule has 2 heterocycles. The van der Waals surface area contributed by atoms with Crippen molar-refractivity contribution in [2.24, 2.45) is 0 Å². The first-order chi connectivity index (χ1) is 14.5. The van der Waals surface area contributed by atoms with Gasteiger partial charge in [0.1, 0.15) is 16.5 Å². The second-order valence-corrected chi connectivity index (χ2v) is 8.47. The highest BCUT2D eigenvalue weighted by Gasteiger charge is 2.23. The van der Waals surface area contributed by atoms with Gasteiger partial charge in [-0.05, 0) is 49.7 Å². The number of ether oxygens (including phenoxy) is 1. The Kier molecular flexibility index (Phi) is 6.22. The van der Waals surface area contributed by atoms with Crippen LogP contribution in [0.25, 0.3) is 10.6 Å². The lowest BCUT2D eigenvalue weighted by molar-refractivity contribution is -0.0704. The van der Waals surface area contributed by atoms with Gasteiger partial charge in [0, 0.05) is 36.3 Å². The zero-order chi connectivity index (χ0) is 21.1. The van der Waals surface area contributed by atoms with Gasteiger partial charge in [-0.25, -0.2) is 9.37 Å². The van der Waals surface area contributed by atoms with Crippen LogP contribution in [0.3, 0.4) is 0 Å². The minimum Gasteiger partial charge on any atom is -0.373 e. The minimum atomic E-state index is -0.297. The fourth-order valence-corrected chi connectivity index (χ4v) is 4.53. The van der Waals surface area contributed by atoms with Gasteiger partial charge in [0.05, 0.1) is 12.2 Å². The van der Waals surface area contributed by atoms with E-state index in [-0.39, 0.29) is 23.9 Å². The Hall–Kier alpha value is -2.61. The molecule has 0 aliphatic carbocycles. The van der Waals surface area contributed by atoms with Crippen LogP contribution in [0.1, 0.15) is 29.9 Å². The molecule has 1 aromatic heterocycles. The highest BCUT2D eigenvalue weighted by atomic mass is 32.1. The van der Waals surface area contributed by atoms with E-state index < -0.39 is 0 Å². The molecule has 0 spiro atoms. The fourth-order valence-electron chi connectivity index (χ4n) is 3.72. The number of aromatic nitrogens is 1. The number of para-hydroxylation sites is 1. The molecule has 156 valence electrons. The third kappa shape index (κ3) is 4.92. The first kappa shape index (κ1) is 20.7. The van der Waals surface area contributed by atoms with Crippen molar-refractivity contribution < 1.29 is 13.9 Å². The van der Waals surface area contributed by atoms with Crippen molar-refractivity contribution in [3.63, 3.8) is 0 Å². The Balaban J connectivity index is 1.47. The van der Waals surface area contributed by atoms with Gasteiger partial charge in [-0.15, -0.1) is 11.3 Å². The third-order valence-electron chi connectivity index (χ3n) is 4.98. The number of nitrogens with zero attached hydrogens (tertiary/aromatic N) is 2. The number of benzene rings is 2. The summed E-state index contributed by atoms with van der Waals surface area (Å²) in [5, 5.41) is 5.41. The van der Waals surface area contributed by atoms with E-state index in [4.69, 9.17) is 4.74 Å². The summed E-state index contributed by atoms with van der Waals surface area (Å²) in [5.41, 5.74) is 2.98. The highest BCUT2D eigenvalue weighted by Crippen LogP contribution is 2.25. The maximum Gasteiger partial charge on any atom is 0.275 e. The van der Waals surface area contributed by atoms with Gasteiger partial charge in [0.2, 0.25) is 0 Å². The number of anilines is 1. The lowest BCUT2D eigenvalue weighted by atomic mass is 10.1. The van der Waals surface area contributed by atoms with Gasteiger partial charge in [0.25, 0.3) is 5.91 Å². The van der Waals surface area contributed by atoms with E-state index in [1.54, 1.807) is 17.5 Å². The predicted octanol–water partition coefficient (Wildman–Crippen LogP) is 4.81. The molecule has 5 nitrogen and oxygen atoms in total. The summed E-state index contributed by atoms with van der Waals surface area (Å²) in [5.74, 6) is -0.551. The Morgan fingerprint density at radius 2 is 1.87 bits per heavy atom. The van der Waals surface area contributed by atoms with Crippen LogP contribution in [0.15, 0.2) is 53.9 Å². The Labute approximate surface area is 179 Å².